The molecule has 0 N–H and O–H groups in total. The quantitative estimate of drug-likeness (QED) is 0.770. The largest absolute Gasteiger partial charge is 0.461 e. The number of nitriles is 1. The molecule has 1 heterocycles. The van der Waals surface area contributed by atoms with Crippen LogP contribution in [0.4, 0.5) is 0 Å². The zero-order valence-electron chi connectivity index (χ0n) is 12.8. The SMILES string of the molecule is CC1(C)OB([C@H]2C[C@@H]2c2ccc(Cl)c(C#N)c2)OC1(C)C. The maximum Gasteiger partial charge on any atom is 0.461 e. The summed E-state index contributed by atoms with van der Waals surface area (Å²) in [6.07, 6.45) is 1.03. The Hall–Kier alpha value is -1.02. The molecule has 0 amide bonds. The van der Waals surface area contributed by atoms with E-state index in [1.54, 1.807) is 6.07 Å². The van der Waals surface area contributed by atoms with E-state index in [1.165, 1.54) is 0 Å². The monoisotopic (exact) mass is 303 g/mol. The van der Waals surface area contributed by atoms with E-state index < -0.39 is 0 Å². The van der Waals surface area contributed by atoms with Crippen LogP contribution in [0, 0.1) is 11.3 Å². The minimum atomic E-state index is -0.289. The highest BCUT2D eigenvalue weighted by molar-refractivity contribution is 6.49. The Morgan fingerprint density at radius 2 is 1.86 bits per heavy atom. The van der Waals surface area contributed by atoms with Crippen molar-refractivity contribution in [1.82, 2.24) is 0 Å². The van der Waals surface area contributed by atoms with Crippen LogP contribution in [0.5, 0.6) is 0 Å². The second-order valence-electron chi connectivity index (χ2n) is 6.98. The number of rotatable bonds is 2. The van der Waals surface area contributed by atoms with Gasteiger partial charge in [-0.15, -0.1) is 0 Å². The molecule has 2 atom stereocenters. The van der Waals surface area contributed by atoms with Gasteiger partial charge in [-0.1, -0.05) is 17.7 Å². The minimum absolute atomic E-state index is 0.166. The van der Waals surface area contributed by atoms with E-state index in [0.717, 1.165) is 12.0 Å². The fourth-order valence-corrected chi connectivity index (χ4v) is 2.98. The van der Waals surface area contributed by atoms with Crippen LogP contribution in [0.25, 0.3) is 0 Å². The first kappa shape index (κ1) is 14.9. The smallest absolute Gasteiger partial charge is 0.403 e. The Bertz CT molecular complexity index is 607. The summed E-state index contributed by atoms with van der Waals surface area (Å²) in [6.45, 7) is 8.28. The fourth-order valence-electron chi connectivity index (χ4n) is 2.82. The van der Waals surface area contributed by atoms with Gasteiger partial charge in [0.1, 0.15) is 6.07 Å². The summed E-state index contributed by atoms with van der Waals surface area (Å²) in [5, 5.41) is 9.58. The zero-order chi connectivity index (χ0) is 15.4. The Morgan fingerprint density at radius 1 is 1.24 bits per heavy atom. The van der Waals surface area contributed by atoms with Gasteiger partial charge in [0.25, 0.3) is 0 Å². The molecule has 3 rings (SSSR count). The Kier molecular flexibility index (Phi) is 3.37. The summed E-state index contributed by atoms with van der Waals surface area (Å²) in [7, 11) is -0.166. The predicted octanol–water partition coefficient (Wildman–Crippen LogP) is 4.16. The molecule has 110 valence electrons. The number of hydrogen-bond donors (Lipinski definition) is 0. The predicted molar refractivity (Wildman–Crippen MR) is 83.4 cm³/mol. The summed E-state index contributed by atoms with van der Waals surface area (Å²) in [6, 6.07) is 7.82. The molecule has 0 spiro atoms. The molecule has 1 aliphatic carbocycles. The van der Waals surface area contributed by atoms with Crippen molar-refractivity contribution in [2.24, 2.45) is 0 Å². The van der Waals surface area contributed by atoms with E-state index >= 15 is 0 Å². The second-order valence-corrected chi connectivity index (χ2v) is 7.39. The van der Waals surface area contributed by atoms with Crippen LogP contribution in [0.2, 0.25) is 10.8 Å². The van der Waals surface area contributed by atoms with Crippen LogP contribution in [0.15, 0.2) is 18.2 Å². The van der Waals surface area contributed by atoms with Crippen molar-refractivity contribution < 1.29 is 9.31 Å². The van der Waals surface area contributed by atoms with Gasteiger partial charge in [-0.05, 0) is 57.7 Å². The van der Waals surface area contributed by atoms with Crippen LogP contribution in [-0.2, 0) is 9.31 Å². The van der Waals surface area contributed by atoms with Crippen molar-refractivity contribution in [3.05, 3.63) is 34.3 Å². The first-order valence-electron chi connectivity index (χ1n) is 7.30. The molecule has 0 radical (unpaired) electrons. The summed E-state index contributed by atoms with van der Waals surface area (Å²) >= 11 is 5.99. The molecule has 5 heteroatoms. The van der Waals surface area contributed by atoms with Crippen LogP contribution in [-0.4, -0.2) is 18.3 Å². The molecule has 3 nitrogen and oxygen atoms in total. The van der Waals surface area contributed by atoms with Gasteiger partial charge in [0.05, 0.1) is 21.8 Å². The second kappa shape index (κ2) is 4.74. The third-order valence-corrected chi connectivity index (χ3v) is 5.33. The number of hydrogen-bond acceptors (Lipinski definition) is 3. The highest BCUT2D eigenvalue weighted by atomic mass is 35.5. The molecule has 0 unspecified atom stereocenters. The van der Waals surface area contributed by atoms with Crippen molar-refractivity contribution in [1.29, 1.82) is 5.26 Å². The van der Waals surface area contributed by atoms with Crippen molar-refractivity contribution in [3.63, 3.8) is 0 Å². The van der Waals surface area contributed by atoms with E-state index in [-0.39, 0.29) is 18.3 Å². The van der Waals surface area contributed by atoms with Gasteiger partial charge in [0, 0.05) is 5.82 Å². The number of benzene rings is 1. The minimum Gasteiger partial charge on any atom is -0.403 e. The van der Waals surface area contributed by atoms with E-state index in [9.17, 15) is 0 Å². The lowest BCUT2D eigenvalue weighted by Crippen LogP contribution is -2.41. The summed E-state index contributed by atoms with van der Waals surface area (Å²) in [5.41, 5.74) is 1.11. The van der Waals surface area contributed by atoms with Gasteiger partial charge >= 0.3 is 7.12 Å². The lowest BCUT2D eigenvalue weighted by atomic mass is 9.79. The molecule has 21 heavy (non-hydrogen) atoms. The van der Waals surface area contributed by atoms with Crippen molar-refractivity contribution in [2.45, 2.75) is 57.1 Å². The summed E-state index contributed by atoms with van der Waals surface area (Å²) in [5.74, 6) is 0.753. The molecule has 1 saturated carbocycles. The van der Waals surface area contributed by atoms with Crippen LogP contribution >= 0.6 is 11.6 Å². The third-order valence-electron chi connectivity index (χ3n) is 5.00. The molecular weight excluding hydrogens is 284 g/mol. The van der Waals surface area contributed by atoms with Gasteiger partial charge in [0.2, 0.25) is 0 Å². The zero-order valence-corrected chi connectivity index (χ0v) is 13.6. The summed E-state index contributed by atoms with van der Waals surface area (Å²) < 4.78 is 12.2. The average molecular weight is 304 g/mol. The molecule has 0 aromatic heterocycles. The average Bonchev–Trinajstić information content (AvgIpc) is 3.14. The van der Waals surface area contributed by atoms with E-state index in [4.69, 9.17) is 26.2 Å². The Morgan fingerprint density at radius 3 is 2.43 bits per heavy atom. The molecule has 0 bridgehead atoms. The topological polar surface area (TPSA) is 42.2 Å². The van der Waals surface area contributed by atoms with E-state index in [1.807, 2.05) is 12.1 Å². The number of nitrogens with zero attached hydrogens (tertiary/aromatic N) is 1. The molecule has 1 aliphatic heterocycles. The summed E-state index contributed by atoms with van der Waals surface area (Å²) in [4.78, 5) is 0. The Balaban J connectivity index is 1.75. The maximum absolute atomic E-state index is 9.08. The fraction of sp³-hybridized carbons (Fsp3) is 0.562. The van der Waals surface area contributed by atoms with Crippen molar-refractivity contribution in [2.75, 3.05) is 0 Å². The standard InChI is InChI=1S/C16H19BClNO2/c1-15(2)16(3,4)21-17(20-15)13-8-12(13)10-5-6-14(18)11(7-10)9-19/h5-7,12-13H,8H2,1-4H3/t12-,13+/m1/s1. The third kappa shape index (κ3) is 2.48. The lowest BCUT2D eigenvalue weighted by Gasteiger charge is -2.32. The van der Waals surface area contributed by atoms with Crippen molar-refractivity contribution >= 4 is 18.7 Å². The first-order valence-corrected chi connectivity index (χ1v) is 7.68. The van der Waals surface area contributed by atoms with Gasteiger partial charge in [-0.2, -0.15) is 5.26 Å². The van der Waals surface area contributed by atoms with Crippen LogP contribution < -0.4 is 0 Å². The van der Waals surface area contributed by atoms with Gasteiger partial charge in [0.15, 0.2) is 0 Å². The molecule has 2 fully saturated rings. The van der Waals surface area contributed by atoms with Gasteiger partial charge in [-0.3, -0.25) is 0 Å². The Labute approximate surface area is 131 Å². The van der Waals surface area contributed by atoms with E-state index in [0.29, 0.717) is 22.3 Å². The number of halogens is 1. The molecular formula is C16H19BClNO2. The molecule has 2 aliphatic rings. The normalized spacial score (nSPS) is 29.2. The van der Waals surface area contributed by atoms with Gasteiger partial charge < -0.3 is 9.31 Å². The molecule has 1 saturated heterocycles. The molecule has 1 aromatic carbocycles. The lowest BCUT2D eigenvalue weighted by molar-refractivity contribution is 0.00578. The van der Waals surface area contributed by atoms with Crippen LogP contribution in [0.1, 0.15) is 51.2 Å². The molecule has 1 aromatic rings. The van der Waals surface area contributed by atoms with Crippen molar-refractivity contribution in [3.8, 4) is 6.07 Å². The first-order chi connectivity index (χ1) is 9.75. The maximum atomic E-state index is 9.08. The van der Waals surface area contributed by atoms with Crippen LogP contribution in [0.3, 0.4) is 0 Å². The highest BCUT2D eigenvalue weighted by Crippen LogP contribution is 2.58. The van der Waals surface area contributed by atoms with Gasteiger partial charge in [-0.25, -0.2) is 0 Å². The van der Waals surface area contributed by atoms with E-state index in [2.05, 4.69) is 33.8 Å². The highest BCUT2D eigenvalue weighted by Gasteiger charge is 2.59.